The number of hydrogen-bond acceptors (Lipinski definition) is 3. The lowest BCUT2D eigenvalue weighted by Crippen LogP contribution is -2.16. The zero-order chi connectivity index (χ0) is 8.39. The summed E-state index contributed by atoms with van der Waals surface area (Å²) >= 11 is 0. The molecule has 3 nitrogen and oxygen atoms in total. The van der Waals surface area contributed by atoms with E-state index < -0.39 is 6.10 Å². The molecule has 1 aromatic heterocycles. The van der Waals surface area contributed by atoms with Gasteiger partial charge in [0, 0.05) is 6.61 Å². The van der Waals surface area contributed by atoms with E-state index in [9.17, 15) is 5.11 Å². The lowest BCUT2D eigenvalue weighted by Gasteiger charge is -2.14. The summed E-state index contributed by atoms with van der Waals surface area (Å²) in [7, 11) is 0. The normalized spacial score (nSPS) is 25.9. The van der Waals surface area contributed by atoms with Crippen molar-refractivity contribution in [3.63, 3.8) is 0 Å². The fourth-order valence-corrected chi connectivity index (χ4v) is 1.49. The van der Waals surface area contributed by atoms with Crippen LogP contribution in [-0.2, 0) is 4.74 Å². The fraction of sp³-hybridized carbons (Fsp3) is 0.556. The Morgan fingerprint density at radius 1 is 1.58 bits per heavy atom. The highest BCUT2D eigenvalue weighted by molar-refractivity contribution is 5.04. The van der Waals surface area contributed by atoms with E-state index in [4.69, 9.17) is 9.15 Å². The van der Waals surface area contributed by atoms with Crippen LogP contribution in [0.4, 0.5) is 0 Å². The van der Waals surface area contributed by atoms with Crippen LogP contribution in [0.3, 0.4) is 0 Å². The smallest absolute Gasteiger partial charge is 0.138 e. The highest BCUT2D eigenvalue weighted by atomic mass is 16.5. The van der Waals surface area contributed by atoms with E-state index in [1.54, 1.807) is 18.4 Å². The van der Waals surface area contributed by atoms with Crippen LogP contribution >= 0.6 is 0 Å². The topological polar surface area (TPSA) is 42.6 Å². The molecule has 2 unspecified atom stereocenters. The second-order valence-corrected chi connectivity index (χ2v) is 3.01. The Kier molecular flexibility index (Phi) is 2.15. The van der Waals surface area contributed by atoms with Gasteiger partial charge < -0.3 is 14.3 Å². The Morgan fingerprint density at radius 3 is 3.08 bits per heavy atom. The van der Waals surface area contributed by atoms with Crippen LogP contribution in [0.5, 0.6) is 0 Å². The number of aliphatic hydroxyl groups excluding tert-OH is 1. The van der Waals surface area contributed by atoms with Gasteiger partial charge in [0.15, 0.2) is 0 Å². The van der Waals surface area contributed by atoms with Crippen molar-refractivity contribution in [2.24, 2.45) is 0 Å². The Bertz CT molecular complexity index is 224. The molecule has 1 aliphatic rings. The molecule has 0 aliphatic carbocycles. The van der Waals surface area contributed by atoms with Crippen molar-refractivity contribution >= 4 is 0 Å². The summed E-state index contributed by atoms with van der Waals surface area (Å²) in [4.78, 5) is 0. The molecule has 0 radical (unpaired) electrons. The van der Waals surface area contributed by atoms with Crippen molar-refractivity contribution in [1.82, 2.24) is 0 Å². The van der Waals surface area contributed by atoms with Gasteiger partial charge in [-0.15, -0.1) is 0 Å². The Balaban J connectivity index is 2.04. The van der Waals surface area contributed by atoms with Crippen molar-refractivity contribution < 1.29 is 14.3 Å². The zero-order valence-electron chi connectivity index (χ0n) is 6.77. The van der Waals surface area contributed by atoms with E-state index >= 15 is 0 Å². The molecule has 3 heteroatoms. The highest BCUT2D eigenvalue weighted by Crippen LogP contribution is 2.26. The molecule has 1 aromatic rings. The van der Waals surface area contributed by atoms with Gasteiger partial charge >= 0.3 is 0 Å². The molecule has 0 saturated carbocycles. The quantitative estimate of drug-likeness (QED) is 0.727. The highest BCUT2D eigenvalue weighted by Gasteiger charge is 2.26. The summed E-state index contributed by atoms with van der Waals surface area (Å²) in [5, 5.41) is 9.69. The molecule has 0 aromatic carbocycles. The number of ether oxygens (including phenoxy) is 1. The Morgan fingerprint density at radius 2 is 2.50 bits per heavy atom. The van der Waals surface area contributed by atoms with Crippen LogP contribution in [0.25, 0.3) is 0 Å². The van der Waals surface area contributed by atoms with Gasteiger partial charge in [0.1, 0.15) is 11.9 Å². The average molecular weight is 168 g/mol. The standard InChI is InChI=1S/C9H12O3/c10-9(7-3-1-5-11-7)8-4-2-6-12-8/h1,3,5,8-10H,2,4,6H2. The second-order valence-electron chi connectivity index (χ2n) is 3.01. The summed E-state index contributed by atoms with van der Waals surface area (Å²) in [6.07, 6.45) is 2.84. The molecule has 1 saturated heterocycles. The van der Waals surface area contributed by atoms with Gasteiger partial charge in [0.2, 0.25) is 0 Å². The van der Waals surface area contributed by atoms with Gasteiger partial charge in [0.25, 0.3) is 0 Å². The number of furan rings is 1. The molecule has 2 atom stereocenters. The molecule has 2 rings (SSSR count). The van der Waals surface area contributed by atoms with E-state index in [0.717, 1.165) is 19.4 Å². The first-order valence-electron chi connectivity index (χ1n) is 4.21. The van der Waals surface area contributed by atoms with Crippen molar-refractivity contribution in [2.75, 3.05) is 6.61 Å². The minimum absolute atomic E-state index is 0.0730. The lowest BCUT2D eigenvalue weighted by atomic mass is 10.1. The monoisotopic (exact) mass is 168 g/mol. The second kappa shape index (κ2) is 3.29. The van der Waals surface area contributed by atoms with Gasteiger partial charge in [-0.25, -0.2) is 0 Å². The zero-order valence-corrected chi connectivity index (χ0v) is 6.77. The van der Waals surface area contributed by atoms with Crippen LogP contribution < -0.4 is 0 Å². The summed E-state index contributed by atoms with van der Waals surface area (Å²) in [5.74, 6) is 0.599. The summed E-state index contributed by atoms with van der Waals surface area (Å²) in [6, 6.07) is 3.54. The Labute approximate surface area is 71.0 Å². The molecule has 1 aliphatic heterocycles. The van der Waals surface area contributed by atoms with Crippen molar-refractivity contribution in [3.8, 4) is 0 Å². The average Bonchev–Trinajstić information content (AvgIpc) is 2.77. The van der Waals surface area contributed by atoms with Gasteiger partial charge in [-0.05, 0) is 25.0 Å². The first-order chi connectivity index (χ1) is 5.88. The summed E-state index contributed by atoms with van der Waals surface area (Å²) < 4.78 is 10.4. The molecule has 0 amide bonds. The van der Waals surface area contributed by atoms with Crippen molar-refractivity contribution in [3.05, 3.63) is 24.2 Å². The molecule has 12 heavy (non-hydrogen) atoms. The molecular formula is C9H12O3. The maximum Gasteiger partial charge on any atom is 0.138 e. The van der Waals surface area contributed by atoms with E-state index in [2.05, 4.69) is 0 Å². The molecule has 66 valence electrons. The third-order valence-corrected chi connectivity index (χ3v) is 2.15. The van der Waals surface area contributed by atoms with Gasteiger partial charge in [-0.3, -0.25) is 0 Å². The largest absolute Gasteiger partial charge is 0.466 e. The van der Waals surface area contributed by atoms with Crippen molar-refractivity contribution in [1.29, 1.82) is 0 Å². The van der Waals surface area contributed by atoms with Crippen LogP contribution in [0.1, 0.15) is 24.7 Å². The van der Waals surface area contributed by atoms with Crippen LogP contribution in [0.15, 0.2) is 22.8 Å². The Hall–Kier alpha value is -0.800. The van der Waals surface area contributed by atoms with Gasteiger partial charge in [-0.1, -0.05) is 0 Å². The van der Waals surface area contributed by atoms with E-state index in [1.165, 1.54) is 0 Å². The summed E-state index contributed by atoms with van der Waals surface area (Å²) in [6.45, 7) is 0.752. The van der Waals surface area contributed by atoms with E-state index in [0.29, 0.717) is 5.76 Å². The number of aliphatic hydroxyl groups is 1. The molecular weight excluding hydrogens is 156 g/mol. The predicted octanol–water partition coefficient (Wildman–Crippen LogP) is 1.49. The summed E-state index contributed by atoms with van der Waals surface area (Å²) in [5.41, 5.74) is 0. The minimum Gasteiger partial charge on any atom is -0.466 e. The van der Waals surface area contributed by atoms with Gasteiger partial charge in [-0.2, -0.15) is 0 Å². The first kappa shape index (κ1) is 7.83. The molecule has 2 heterocycles. The maximum atomic E-state index is 9.69. The lowest BCUT2D eigenvalue weighted by molar-refractivity contribution is -0.0131. The van der Waals surface area contributed by atoms with Gasteiger partial charge in [0.05, 0.1) is 12.4 Å². The fourth-order valence-electron chi connectivity index (χ4n) is 1.49. The number of hydrogen-bond donors (Lipinski definition) is 1. The van der Waals surface area contributed by atoms with E-state index in [1.807, 2.05) is 0 Å². The van der Waals surface area contributed by atoms with Crippen LogP contribution in [0.2, 0.25) is 0 Å². The predicted molar refractivity (Wildman–Crippen MR) is 42.6 cm³/mol. The molecule has 1 fully saturated rings. The first-order valence-corrected chi connectivity index (χ1v) is 4.21. The van der Waals surface area contributed by atoms with E-state index in [-0.39, 0.29) is 6.10 Å². The molecule has 0 bridgehead atoms. The molecule has 1 N–H and O–H groups in total. The number of rotatable bonds is 2. The SMILES string of the molecule is OC(c1ccco1)C1CCCO1. The van der Waals surface area contributed by atoms with Crippen LogP contribution in [0, 0.1) is 0 Å². The third kappa shape index (κ3) is 1.38. The van der Waals surface area contributed by atoms with Crippen molar-refractivity contribution in [2.45, 2.75) is 25.0 Å². The third-order valence-electron chi connectivity index (χ3n) is 2.15. The maximum absolute atomic E-state index is 9.69. The minimum atomic E-state index is -0.595. The molecule has 0 spiro atoms. The van der Waals surface area contributed by atoms with Crippen LogP contribution in [-0.4, -0.2) is 17.8 Å².